The molecule has 0 saturated carbocycles. The summed E-state index contributed by atoms with van der Waals surface area (Å²) in [6, 6.07) is 17.8. The van der Waals surface area contributed by atoms with Crippen molar-refractivity contribution in [2.75, 3.05) is 20.7 Å². The Labute approximate surface area is 188 Å². The second-order valence-corrected chi connectivity index (χ2v) is 6.37. The van der Waals surface area contributed by atoms with Gasteiger partial charge in [0.05, 0.1) is 19.2 Å². The van der Waals surface area contributed by atoms with Gasteiger partial charge in [0.15, 0.2) is 17.5 Å². The highest BCUT2D eigenvalue weighted by Crippen LogP contribution is 2.26. The summed E-state index contributed by atoms with van der Waals surface area (Å²) in [6.07, 6.45) is 1.77. The van der Waals surface area contributed by atoms with Gasteiger partial charge < -0.3 is 20.1 Å². The van der Waals surface area contributed by atoms with Gasteiger partial charge in [-0.15, -0.1) is 24.0 Å². The molecular weight excluding hydrogens is 479 g/mol. The normalized spacial score (nSPS) is 12.0. The Hall–Kier alpha value is -2.55. The molecule has 2 aromatic carbocycles. The van der Waals surface area contributed by atoms with Crippen molar-refractivity contribution in [1.82, 2.24) is 15.6 Å². The van der Waals surface area contributed by atoms with E-state index in [1.54, 1.807) is 14.2 Å². The van der Waals surface area contributed by atoms with E-state index in [1.807, 2.05) is 61.7 Å². The van der Waals surface area contributed by atoms with Gasteiger partial charge in [0.2, 0.25) is 0 Å². The highest BCUT2D eigenvalue weighted by molar-refractivity contribution is 14.0. The Bertz CT molecular complexity index is 944. The van der Waals surface area contributed by atoms with Crippen LogP contribution in [0.25, 0.3) is 10.9 Å². The number of ether oxygens (including phenoxy) is 2. The molecule has 1 heterocycles. The van der Waals surface area contributed by atoms with E-state index < -0.39 is 0 Å². The molecule has 3 aromatic rings. The third-order valence-corrected chi connectivity index (χ3v) is 4.36. The molecule has 0 spiro atoms. The number of aromatic nitrogens is 1. The van der Waals surface area contributed by atoms with Crippen molar-refractivity contribution in [2.24, 2.45) is 4.99 Å². The first-order valence-corrected chi connectivity index (χ1v) is 9.28. The van der Waals surface area contributed by atoms with Gasteiger partial charge in [-0.3, -0.25) is 9.98 Å². The number of halogens is 1. The van der Waals surface area contributed by atoms with Crippen LogP contribution < -0.4 is 20.1 Å². The number of guanidine groups is 1. The number of aliphatic imine (C=N–C) groups is 1. The minimum atomic E-state index is -0.0587. The third-order valence-electron chi connectivity index (χ3n) is 4.36. The van der Waals surface area contributed by atoms with Crippen LogP contribution in [0.4, 0.5) is 0 Å². The van der Waals surface area contributed by atoms with Crippen LogP contribution in [0.3, 0.4) is 0 Å². The van der Waals surface area contributed by atoms with E-state index >= 15 is 0 Å². The SMILES string of the molecule is CN=C(NCc1ccnc2ccccc12)NCC(C)Oc1ccccc1OC.I. The monoisotopic (exact) mass is 506 g/mol. The number of para-hydroxylation sites is 3. The van der Waals surface area contributed by atoms with Gasteiger partial charge in [0, 0.05) is 25.2 Å². The largest absolute Gasteiger partial charge is 0.493 e. The number of methoxy groups -OCH3 is 1. The Balaban J connectivity index is 0.00000300. The fourth-order valence-electron chi connectivity index (χ4n) is 2.92. The van der Waals surface area contributed by atoms with Crippen LogP contribution in [0.5, 0.6) is 11.5 Å². The number of hydrogen-bond acceptors (Lipinski definition) is 4. The molecule has 1 unspecified atom stereocenters. The highest BCUT2D eigenvalue weighted by atomic mass is 127. The molecule has 0 aliphatic heterocycles. The van der Waals surface area contributed by atoms with E-state index in [4.69, 9.17) is 9.47 Å². The number of nitrogens with zero attached hydrogens (tertiary/aromatic N) is 2. The zero-order valence-electron chi connectivity index (χ0n) is 16.9. The minimum absolute atomic E-state index is 0. The summed E-state index contributed by atoms with van der Waals surface area (Å²) in [5.74, 6) is 2.17. The van der Waals surface area contributed by atoms with Crippen LogP contribution in [-0.4, -0.2) is 37.7 Å². The maximum Gasteiger partial charge on any atom is 0.191 e. The van der Waals surface area contributed by atoms with E-state index in [0.717, 1.165) is 28.4 Å². The molecule has 6 nitrogen and oxygen atoms in total. The molecule has 1 atom stereocenters. The van der Waals surface area contributed by atoms with Crippen molar-refractivity contribution >= 4 is 40.8 Å². The number of hydrogen-bond donors (Lipinski definition) is 2. The number of fused-ring (bicyclic) bond motifs is 1. The maximum atomic E-state index is 5.97. The van der Waals surface area contributed by atoms with Crippen LogP contribution in [0.15, 0.2) is 65.8 Å². The standard InChI is InChI=1S/C22H26N4O2.HI/c1-16(28-21-11-7-6-10-20(21)27-3)14-25-22(23-2)26-15-17-12-13-24-19-9-5-4-8-18(17)19;/h4-13,16H,14-15H2,1-3H3,(H2,23,25,26);1H. The van der Waals surface area contributed by atoms with Crippen LogP contribution in [0.1, 0.15) is 12.5 Å². The lowest BCUT2D eigenvalue weighted by atomic mass is 10.1. The van der Waals surface area contributed by atoms with Gasteiger partial charge in [-0.2, -0.15) is 0 Å². The molecule has 29 heavy (non-hydrogen) atoms. The van der Waals surface area contributed by atoms with Crippen molar-refractivity contribution in [3.05, 3.63) is 66.4 Å². The number of pyridine rings is 1. The fourth-order valence-corrected chi connectivity index (χ4v) is 2.92. The molecule has 0 amide bonds. The molecule has 0 aliphatic carbocycles. The molecular formula is C22H27IN4O2. The first-order chi connectivity index (χ1) is 13.7. The van der Waals surface area contributed by atoms with Crippen LogP contribution in [0, 0.1) is 0 Å². The van der Waals surface area contributed by atoms with E-state index in [1.165, 1.54) is 5.56 Å². The molecule has 0 saturated heterocycles. The molecule has 1 aromatic heterocycles. The first kappa shape index (κ1) is 22.7. The van der Waals surface area contributed by atoms with Crippen LogP contribution in [0.2, 0.25) is 0 Å². The molecule has 154 valence electrons. The summed E-state index contributed by atoms with van der Waals surface area (Å²) in [7, 11) is 3.39. The Kier molecular flexibility index (Phi) is 8.98. The van der Waals surface area contributed by atoms with Crippen molar-refractivity contribution in [1.29, 1.82) is 0 Å². The van der Waals surface area contributed by atoms with E-state index in [0.29, 0.717) is 13.1 Å². The Morgan fingerprint density at radius 3 is 2.52 bits per heavy atom. The smallest absolute Gasteiger partial charge is 0.191 e. The van der Waals surface area contributed by atoms with Crippen molar-refractivity contribution in [3.8, 4) is 11.5 Å². The number of nitrogens with one attached hydrogen (secondary N) is 2. The predicted molar refractivity (Wildman–Crippen MR) is 128 cm³/mol. The minimum Gasteiger partial charge on any atom is -0.493 e. The molecule has 2 N–H and O–H groups in total. The van der Waals surface area contributed by atoms with Crippen molar-refractivity contribution < 1.29 is 9.47 Å². The van der Waals surface area contributed by atoms with E-state index in [2.05, 4.69) is 26.7 Å². The van der Waals surface area contributed by atoms with Crippen LogP contribution in [-0.2, 0) is 6.54 Å². The lowest BCUT2D eigenvalue weighted by Crippen LogP contribution is -2.41. The first-order valence-electron chi connectivity index (χ1n) is 9.28. The number of rotatable bonds is 7. The summed E-state index contributed by atoms with van der Waals surface area (Å²) in [4.78, 5) is 8.70. The quantitative estimate of drug-likeness (QED) is 0.288. The van der Waals surface area contributed by atoms with Gasteiger partial charge in [-0.25, -0.2) is 0 Å². The topological polar surface area (TPSA) is 67.8 Å². The van der Waals surface area contributed by atoms with Crippen molar-refractivity contribution in [2.45, 2.75) is 19.6 Å². The molecule has 0 radical (unpaired) electrons. The predicted octanol–water partition coefficient (Wildman–Crippen LogP) is 3.99. The molecule has 0 fully saturated rings. The molecule has 3 rings (SSSR count). The van der Waals surface area contributed by atoms with E-state index in [-0.39, 0.29) is 30.1 Å². The third kappa shape index (κ3) is 6.22. The fraction of sp³-hybridized carbons (Fsp3) is 0.273. The second-order valence-electron chi connectivity index (χ2n) is 6.37. The highest BCUT2D eigenvalue weighted by Gasteiger charge is 2.10. The summed E-state index contributed by atoms with van der Waals surface area (Å²) in [5, 5.41) is 7.79. The van der Waals surface area contributed by atoms with Gasteiger partial charge in [0.1, 0.15) is 6.10 Å². The summed E-state index contributed by atoms with van der Waals surface area (Å²) < 4.78 is 11.3. The van der Waals surface area contributed by atoms with Gasteiger partial charge in [-0.05, 0) is 36.8 Å². The van der Waals surface area contributed by atoms with Crippen LogP contribution >= 0.6 is 24.0 Å². The maximum absolute atomic E-state index is 5.97. The van der Waals surface area contributed by atoms with E-state index in [9.17, 15) is 0 Å². The van der Waals surface area contributed by atoms with Crippen molar-refractivity contribution in [3.63, 3.8) is 0 Å². The average molecular weight is 506 g/mol. The molecule has 7 heteroatoms. The van der Waals surface area contributed by atoms with Gasteiger partial charge in [-0.1, -0.05) is 30.3 Å². The zero-order valence-corrected chi connectivity index (χ0v) is 19.2. The van der Waals surface area contributed by atoms with Gasteiger partial charge >= 0.3 is 0 Å². The lowest BCUT2D eigenvalue weighted by molar-refractivity contribution is 0.213. The summed E-state index contributed by atoms with van der Waals surface area (Å²) in [6.45, 7) is 3.27. The summed E-state index contributed by atoms with van der Waals surface area (Å²) >= 11 is 0. The second kappa shape index (κ2) is 11.5. The lowest BCUT2D eigenvalue weighted by Gasteiger charge is -2.19. The average Bonchev–Trinajstić information content (AvgIpc) is 2.74. The Morgan fingerprint density at radius 2 is 1.76 bits per heavy atom. The number of benzene rings is 2. The zero-order chi connectivity index (χ0) is 19.8. The molecule has 0 aliphatic rings. The Morgan fingerprint density at radius 1 is 1.03 bits per heavy atom. The summed E-state index contributed by atoms with van der Waals surface area (Å²) in [5.41, 5.74) is 2.16. The van der Waals surface area contributed by atoms with Gasteiger partial charge in [0.25, 0.3) is 0 Å². The molecule has 0 bridgehead atoms.